The zero-order valence-corrected chi connectivity index (χ0v) is 11.5. The lowest BCUT2D eigenvalue weighted by atomic mass is 10.2. The predicted octanol–water partition coefficient (Wildman–Crippen LogP) is 3.72. The van der Waals surface area contributed by atoms with Crippen molar-refractivity contribution in [1.82, 2.24) is 5.01 Å². The maximum atomic E-state index is 5.78. The molecular formula is C13H29N3. The Morgan fingerprint density at radius 3 is 2.25 bits per heavy atom. The Labute approximate surface area is 101 Å². The highest BCUT2D eigenvalue weighted by atomic mass is 15.4. The summed E-state index contributed by atoms with van der Waals surface area (Å²) in [5.74, 6) is 5.78. The van der Waals surface area contributed by atoms with E-state index in [2.05, 4.69) is 25.6 Å². The monoisotopic (exact) mass is 227 g/mol. The first-order chi connectivity index (χ1) is 7.74. The van der Waals surface area contributed by atoms with Crippen molar-refractivity contribution in [1.29, 1.82) is 0 Å². The van der Waals surface area contributed by atoms with E-state index in [1.54, 1.807) is 5.01 Å². The molecule has 0 saturated heterocycles. The second-order valence-electron chi connectivity index (χ2n) is 3.47. The number of unbranched alkanes of at least 4 members (excludes halogenated alkanes) is 2. The molecule has 0 aromatic heterocycles. The van der Waals surface area contributed by atoms with Gasteiger partial charge in [0.1, 0.15) is 0 Å². The van der Waals surface area contributed by atoms with E-state index >= 15 is 0 Å². The van der Waals surface area contributed by atoms with Crippen LogP contribution in [0.15, 0.2) is 16.9 Å². The van der Waals surface area contributed by atoms with E-state index in [-0.39, 0.29) is 0 Å². The number of hydrogen-bond acceptors (Lipinski definition) is 3. The van der Waals surface area contributed by atoms with Crippen molar-refractivity contribution in [3.63, 3.8) is 0 Å². The van der Waals surface area contributed by atoms with E-state index in [4.69, 9.17) is 5.84 Å². The molecule has 0 rings (SSSR count). The molecule has 0 spiro atoms. The summed E-state index contributed by atoms with van der Waals surface area (Å²) < 4.78 is 0. The van der Waals surface area contributed by atoms with Gasteiger partial charge in [-0.3, -0.25) is 4.99 Å². The van der Waals surface area contributed by atoms with Crippen molar-refractivity contribution in [2.45, 2.75) is 59.8 Å². The largest absolute Gasteiger partial charge is 0.316 e. The lowest BCUT2D eigenvalue weighted by molar-refractivity contribution is 0.379. The highest BCUT2D eigenvalue weighted by Crippen LogP contribution is 2.08. The van der Waals surface area contributed by atoms with Gasteiger partial charge in [0.15, 0.2) is 0 Å². The second kappa shape index (κ2) is 14.2. The molecule has 0 radical (unpaired) electrons. The minimum absolute atomic E-state index is 0.891. The van der Waals surface area contributed by atoms with Crippen LogP contribution in [0.4, 0.5) is 0 Å². The number of nitrogens with zero attached hydrogens (tertiary/aromatic N) is 2. The Bertz CT molecular complexity index is 176. The maximum Gasteiger partial charge on any atom is 0.0569 e. The summed E-state index contributed by atoms with van der Waals surface area (Å²) in [4.78, 5) is 3.96. The Hall–Kier alpha value is -0.830. The molecule has 0 atom stereocenters. The van der Waals surface area contributed by atoms with Crippen LogP contribution < -0.4 is 5.84 Å². The molecule has 96 valence electrons. The van der Waals surface area contributed by atoms with E-state index < -0.39 is 0 Å². The third kappa shape index (κ3) is 11.2. The molecule has 0 heterocycles. The molecular weight excluding hydrogens is 198 g/mol. The molecule has 0 aliphatic carbocycles. The molecule has 0 aromatic rings. The van der Waals surface area contributed by atoms with Gasteiger partial charge in [-0.2, -0.15) is 0 Å². The van der Waals surface area contributed by atoms with Gasteiger partial charge in [0.25, 0.3) is 0 Å². The third-order valence-corrected chi connectivity index (χ3v) is 2.07. The number of nitrogens with two attached hydrogens (primary N) is 1. The predicted molar refractivity (Wildman–Crippen MR) is 74.3 cm³/mol. The van der Waals surface area contributed by atoms with Crippen LogP contribution >= 0.6 is 0 Å². The van der Waals surface area contributed by atoms with Gasteiger partial charge in [0.2, 0.25) is 0 Å². The van der Waals surface area contributed by atoms with Gasteiger partial charge in [-0.05, 0) is 26.0 Å². The Morgan fingerprint density at radius 2 is 1.81 bits per heavy atom. The molecule has 0 bridgehead atoms. The molecule has 2 N–H and O–H groups in total. The molecule has 0 unspecified atom stereocenters. The van der Waals surface area contributed by atoms with Gasteiger partial charge < -0.3 is 5.01 Å². The van der Waals surface area contributed by atoms with Crippen LogP contribution in [0.1, 0.15) is 59.8 Å². The van der Waals surface area contributed by atoms with Crippen LogP contribution in [0.25, 0.3) is 0 Å². The Morgan fingerprint density at radius 1 is 1.25 bits per heavy atom. The Kier molecular flexibility index (Phi) is 15.6. The molecule has 3 nitrogen and oxygen atoms in total. The minimum atomic E-state index is 0.891. The SMILES string of the molecule is C=N/C(=C\N(N)CCCC)CCCC.CC. The van der Waals surface area contributed by atoms with E-state index in [0.29, 0.717) is 0 Å². The molecule has 0 aromatic carbocycles. The fourth-order valence-electron chi connectivity index (χ4n) is 1.14. The fourth-order valence-corrected chi connectivity index (χ4v) is 1.14. The average molecular weight is 227 g/mol. The van der Waals surface area contributed by atoms with Crippen LogP contribution in [0.3, 0.4) is 0 Å². The van der Waals surface area contributed by atoms with Gasteiger partial charge in [-0.1, -0.05) is 40.5 Å². The topological polar surface area (TPSA) is 41.6 Å². The summed E-state index contributed by atoms with van der Waals surface area (Å²) in [6, 6.07) is 0. The van der Waals surface area contributed by atoms with Crippen LogP contribution in [-0.2, 0) is 0 Å². The number of rotatable bonds is 8. The van der Waals surface area contributed by atoms with Crippen LogP contribution in [0.5, 0.6) is 0 Å². The summed E-state index contributed by atoms with van der Waals surface area (Å²) in [6.45, 7) is 12.8. The van der Waals surface area contributed by atoms with Gasteiger partial charge in [0, 0.05) is 12.7 Å². The van der Waals surface area contributed by atoms with Crippen molar-refractivity contribution in [2.75, 3.05) is 6.54 Å². The van der Waals surface area contributed by atoms with Gasteiger partial charge in [-0.25, -0.2) is 5.84 Å². The first kappa shape index (κ1) is 17.6. The summed E-state index contributed by atoms with van der Waals surface area (Å²) in [7, 11) is 0. The molecule has 0 aliphatic heterocycles. The highest BCUT2D eigenvalue weighted by molar-refractivity contribution is 5.28. The van der Waals surface area contributed by atoms with E-state index in [0.717, 1.165) is 37.9 Å². The smallest absolute Gasteiger partial charge is 0.0569 e. The van der Waals surface area contributed by atoms with Gasteiger partial charge in [0.05, 0.1) is 5.70 Å². The van der Waals surface area contributed by atoms with Crippen molar-refractivity contribution in [3.05, 3.63) is 11.9 Å². The second-order valence-corrected chi connectivity index (χ2v) is 3.47. The van der Waals surface area contributed by atoms with Crippen molar-refractivity contribution < 1.29 is 0 Å². The highest BCUT2D eigenvalue weighted by Gasteiger charge is 1.96. The maximum absolute atomic E-state index is 5.78. The first-order valence-corrected chi connectivity index (χ1v) is 6.43. The molecule has 0 amide bonds. The molecule has 0 aliphatic rings. The number of allylic oxidation sites excluding steroid dienone is 1. The summed E-state index contributed by atoms with van der Waals surface area (Å²) in [6.07, 6.45) is 7.47. The van der Waals surface area contributed by atoms with Crippen LogP contribution in [0.2, 0.25) is 0 Å². The summed E-state index contributed by atoms with van der Waals surface area (Å²) in [5.41, 5.74) is 0.991. The van der Waals surface area contributed by atoms with E-state index in [1.807, 2.05) is 20.0 Å². The van der Waals surface area contributed by atoms with E-state index in [1.165, 1.54) is 6.42 Å². The Balaban J connectivity index is 0. The van der Waals surface area contributed by atoms with E-state index in [9.17, 15) is 0 Å². The molecule has 3 heteroatoms. The average Bonchev–Trinajstić information content (AvgIpc) is 2.34. The molecule has 0 fully saturated rings. The number of aliphatic imine (C=N–C) groups is 1. The van der Waals surface area contributed by atoms with Crippen molar-refractivity contribution >= 4 is 6.72 Å². The van der Waals surface area contributed by atoms with Crippen LogP contribution in [-0.4, -0.2) is 18.3 Å². The zero-order chi connectivity index (χ0) is 12.8. The van der Waals surface area contributed by atoms with Gasteiger partial charge in [-0.15, -0.1) is 0 Å². The summed E-state index contributed by atoms with van der Waals surface area (Å²) in [5, 5.41) is 1.71. The zero-order valence-electron chi connectivity index (χ0n) is 11.5. The third-order valence-electron chi connectivity index (χ3n) is 2.07. The molecule has 0 saturated carbocycles. The van der Waals surface area contributed by atoms with Gasteiger partial charge >= 0.3 is 0 Å². The quantitative estimate of drug-likeness (QED) is 0.390. The molecule has 16 heavy (non-hydrogen) atoms. The minimum Gasteiger partial charge on any atom is -0.316 e. The fraction of sp³-hybridized carbons (Fsp3) is 0.769. The lowest BCUT2D eigenvalue weighted by Crippen LogP contribution is -2.26. The summed E-state index contributed by atoms with van der Waals surface area (Å²) >= 11 is 0. The van der Waals surface area contributed by atoms with Crippen molar-refractivity contribution in [2.24, 2.45) is 10.8 Å². The number of hydrazine groups is 1. The number of hydrogen-bond donors (Lipinski definition) is 1. The first-order valence-electron chi connectivity index (χ1n) is 6.43. The van der Waals surface area contributed by atoms with Crippen molar-refractivity contribution in [3.8, 4) is 0 Å². The lowest BCUT2D eigenvalue weighted by Gasteiger charge is -2.14. The normalized spacial score (nSPS) is 10.4. The van der Waals surface area contributed by atoms with Crippen LogP contribution in [0, 0.1) is 0 Å². The standard InChI is InChI=1S/C11H23N3.C2H6/c1-4-6-8-11(13-3)10-14(12)9-7-5-2;1-2/h10H,3-9,12H2,1-2H3;1-2H3/b11-10-;.